The largest absolute Gasteiger partial charge is 0.507 e. The molecule has 4 atom stereocenters. The quantitative estimate of drug-likeness (QED) is 0.580. The fourth-order valence-corrected chi connectivity index (χ4v) is 5.47. The minimum Gasteiger partial charge on any atom is -0.507 e. The lowest BCUT2D eigenvalue weighted by atomic mass is 9.61. The second kappa shape index (κ2) is 8.01. The lowest BCUT2D eigenvalue weighted by molar-refractivity contribution is 0.0129. The molecule has 3 aliphatic carbocycles. The van der Waals surface area contributed by atoms with Gasteiger partial charge in [-0.3, -0.25) is 4.39 Å². The fourth-order valence-electron chi connectivity index (χ4n) is 5.47. The van der Waals surface area contributed by atoms with E-state index in [0.717, 1.165) is 18.5 Å². The maximum atomic E-state index is 15.6. The number of halogens is 2. The van der Waals surface area contributed by atoms with Crippen molar-refractivity contribution >= 4 is 6.08 Å². The van der Waals surface area contributed by atoms with E-state index < -0.39 is 18.3 Å². The predicted molar refractivity (Wildman–Crippen MR) is 121 cm³/mol. The molecule has 3 fully saturated rings. The van der Waals surface area contributed by atoms with Gasteiger partial charge in [0, 0.05) is 29.4 Å². The van der Waals surface area contributed by atoms with Crippen LogP contribution in [0.4, 0.5) is 8.78 Å². The minimum atomic E-state index is -1.15. The Morgan fingerprint density at radius 3 is 2.70 bits per heavy atom. The molecular weight excluding hydrogens is 424 g/mol. The van der Waals surface area contributed by atoms with Gasteiger partial charge >= 0.3 is 0 Å². The summed E-state index contributed by atoms with van der Waals surface area (Å²) in [6.45, 7) is 3.58. The second-order valence-corrected chi connectivity index (χ2v) is 10.00. The highest BCUT2D eigenvalue weighted by Gasteiger charge is 2.53. The number of alkyl halides is 2. The highest BCUT2D eigenvalue weighted by molar-refractivity contribution is 5.68. The van der Waals surface area contributed by atoms with Crippen molar-refractivity contribution in [2.45, 2.75) is 45.7 Å². The van der Waals surface area contributed by atoms with Crippen LogP contribution in [-0.2, 0) is 0 Å². The smallest absolute Gasteiger partial charge is 0.174 e. The van der Waals surface area contributed by atoms with Crippen molar-refractivity contribution in [1.29, 1.82) is 0 Å². The lowest BCUT2D eigenvalue weighted by Crippen LogP contribution is -2.39. The Hall–Kier alpha value is -3.16. The Morgan fingerprint density at radius 1 is 1.21 bits per heavy atom. The Kier molecular flexibility index (Phi) is 5.26. The van der Waals surface area contributed by atoms with E-state index in [1.807, 2.05) is 13.0 Å². The van der Waals surface area contributed by atoms with E-state index in [1.54, 1.807) is 41.5 Å². The van der Waals surface area contributed by atoms with Crippen molar-refractivity contribution in [3.63, 3.8) is 0 Å². The first-order chi connectivity index (χ1) is 15.8. The predicted octanol–water partition coefficient (Wildman–Crippen LogP) is 5.34. The molecule has 1 N–H and O–H groups in total. The molecule has 0 saturated heterocycles. The van der Waals surface area contributed by atoms with Crippen LogP contribution < -0.4 is 0 Å². The number of imidazole rings is 1. The van der Waals surface area contributed by atoms with Crippen LogP contribution in [0.1, 0.15) is 45.4 Å². The minimum absolute atomic E-state index is 0.0469. The number of hydrogen-bond donors (Lipinski definition) is 1. The Labute approximate surface area is 191 Å². The van der Waals surface area contributed by atoms with Crippen LogP contribution in [0.5, 0.6) is 5.75 Å². The van der Waals surface area contributed by atoms with E-state index in [0.29, 0.717) is 35.5 Å². The average molecular weight is 452 g/mol. The average Bonchev–Trinajstić information content (AvgIpc) is 3.31. The number of nitrogens with zero attached hydrogens (tertiary/aromatic N) is 5. The molecule has 0 amide bonds. The van der Waals surface area contributed by atoms with Crippen LogP contribution in [0.2, 0.25) is 0 Å². The van der Waals surface area contributed by atoms with E-state index in [9.17, 15) is 9.50 Å². The van der Waals surface area contributed by atoms with Crippen molar-refractivity contribution in [2.75, 3.05) is 6.67 Å². The van der Waals surface area contributed by atoms with Gasteiger partial charge in [0.15, 0.2) is 5.82 Å². The van der Waals surface area contributed by atoms with Crippen molar-refractivity contribution in [3.8, 4) is 22.7 Å². The number of phenolic OH excluding ortho intramolecular Hbond substituents is 1. The number of phenols is 1. The Bertz CT molecular complexity index is 1180. The van der Waals surface area contributed by atoms with Crippen LogP contribution in [0, 0.1) is 16.7 Å². The third-order valence-corrected chi connectivity index (χ3v) is 7.65. The van der Waals surface area contributed by atoms with Gasteiger partial charge in [-0.05, 0) is 60.8 Å². The van der Waals surface area contributed by atoms with Crippen LogP contribution >= 0.6 is 0 Å². The highest BCUT2D eigenvalue weighted by Crippen LogP contribution is 2.59. The summed E-state index contributed by atoms with van der Waals surface area (Å²) in [6.07, 6.45) is 9.77. The number of fused-ring (bicyclic) bond motifs is 4. The molecule has 0 spiro atoms. The monoisotopic (exact) mass is 451 g/mol. The molecule has 3 aliphatic rings. The summed E-state index contributed by atoms with van der Waals surface area (Å²) in [7, 11) is 0. The molecule has 3 saturated carbocycles. The zero-order chi connectivity index (χ0) is 23.2. The molecule has 3 aromatic rings. The molecule has 2 bridgehead atoms. The third-order valence-electron chi connectivity index (χ3n) is 7.65. The number of aromatic hydroxyl groups is 1. The molecule has 2 heterocycles. The molecule has 33 heavy (non-hydrogen) atoms. The van der Waals surface area contributed by atoms with Crippen molar-refractivity contribution in [2.24, 2.45) is 16.7 Å². The summed E-state index contributed by atoms with van der Waals surface area (Å²) < 4.78 is 31.1. The summed E-state index contributed by atoms with van der Waals surface area (Å²) in [6, 6.07) is 5.20. The topological polar surface area (TPSA) is 76.7 Å². The first kappa shape index (κ1) is 21.7. The van der Waals surface area contributed by atoms with Gasteiger partial charge in [-0.2, -0.15) is 0 Å². The first-order valence-electron chi connectivity index (χ1n) is 11.2. The summed E-state index contributed by atoms with van der Waals surface area (Å²) in [5, 5.41) is 18.9. The summed E-state index contributed by atoms with van der Waals surface area (Å²) in [5.74, 6) is 0.233. The molecule has 6 rings (SSSR count). The zero-order valence-corrected chi connectivity index (χ0v) is 18.7. The molecule has 172 valence electrons. The van der Waals surface area contributed by atoms with E-state index in [2.05, 4.69) is 27.1 Å². The standard InChI is InChI=1S/C25H27F2N5O/c1-24-5-6-25(2,12-17(24)13-26)23(27)16(11-24)9-22-29-14-20(30-31-22)19-4-3-18(10-21(19)33)32-8-7-28-15-32/h3-4,7-10,14-15,17,23,33H,5-6,11-13H2,1-2H3/b16-9+/t17-,23-,24-,25-/m0/s1. The van der Waals surface area contributed by atoms with E-state index >= 15 is 4.39 Å². The number of allylic oxidation sites excluding steroid dienone is 1. The zero-order valence-electron chi connectivity index (χ0n) is 18.7. The van der Waals surface area contributed by atoms with Gasteiger partial charge in [0.1, 0.15) is 17.6 Å². The van der Waals surface area contributed by atoms with Gasteiger partial charge < -0.3 is 9.67 Å². The first-order valence-corrected chi connectivity index (χ1v) is 11.2. The van der Waals surface area contributed by atoms with E-state index in [1.165, 1.54) is 6.20 Å². The molecular formula is C25H27F2N5O. The van der Waals surface area contributed by atoms with E-state index in [4.69, 9.17) is 0 Å². The molecule has 0 radical (unpaired) electrons. The number of aromatic nitrogens is 5. The normalized spacial score (nSPS) is 30.5. The van der Waals surface area contributed by atoms with Crippen LogP contribution in [0.15, 0.2) is 48.7 Å². The Balaban J connectivity index is 1.42. The van der Waals surface area contributed by atoms with Crippen molar-refractivity contribution in [3.05, 3.63) is 54.5 Å². The van der Waals surface area contributed by atoms with Gasteiger partial charge in [-0.25, -0.2) is 14.4 Å². The SMILES string of the molecule is C[C@@]12CC[C@@](C)(C[C@H]1CF)[C@@H](F)/C(=C/c1ncc(-c3ccc(-n4ccnc4)cc3O)nn1)C2. The number of rotatable bonds is 4. The van der Waals surface area contributed by atoms with Gasteiger partial charge in [-0.15, -0.1) is 10.2 Å². The summed E-state index contributed by atoms with van der Waals surface area (Å²) in [5.41, 5.74) is 1.49. The number of hydrogen-bond acceptors (Lipinski definition) is 5. The maximum Gasteiger partial charge on any atom is 0.174 e. The Morgan fingerprint density at radius 2 is 2.03 bits per heavy atom. The molecule has 0 unspecified atom stereocenters. The van der Waals surface area contributed by atoms with Gasteiger partial charge in [-0.1, -0.05) is 13.8 Å². The molecule has 1 aromatic carbocycles. The van der Waals surface area contributed by atoms with Crippen LogP contribution in [-0.4, -0.2) is 42.7 Å². The maximum absolute atomic E-state index is 15.6. The van der Waals surface area contributed by atoms with E-state index in [-0.39, 0.29) is 17.1 Å². The van der Waals surface area contributed by atoms with Gasteiger partial charge in [0.05, 0.1) is 24.9 Å². The van der Waals surface area contributed by atoms with Gasteiger partial charge in [0.25, 0.3) is 0 Å². The van der Waals surface area contributed by atoms with Crippen LogP contribution in [0.3, 0.4) is 0 Å². The van der Waals surface area contributed by atoms with Crippen LogP contribution in [0.25, 0.3) is 23.0 Å². The summed E-state index contributed by atoms with van der Waals surface area (Å²) in [4.78, 5) is 8.37. The highest BCUT2D eigenvalue weighted by atomic mass is 19.1. The molecule has 6 nitrogen and oxygen atoms in total. The van der Waals surface area contributed by atoms with Crippen molar-refractivity contribution < 1.29 is 13.9 Å². The third kappa shape index (κ3) is 3.81. The molecule has 2 aromatic heterocycles. The van der Waals surface area contributed by atoms with Gasteiger partial charge in [0.2, 0.25) is 0 Å². The lowest BCUT2D eigenvalue weighted by Gasteiger charge is -2.44. The number of benzene rings is 1. The van der Waals surface area contributed by atoms with Crippen molar-refractivity contribution in [1.82, 2.24) is 24.7 Å². The fraction of sp³-hybridized carbons (Fsp3) is 0.440. The second-order valence-electron chi connectivity index (χ2n) is 10.00. The molecule has 0 aliphatic heterocycles. The summed E-state index contributed by atoms with van der Waals surface area (Å²) >= 11 is 0. The molecule has 8 heteroatoms.